The van der Waals surface area contributed by atoms with Crippen molar-refractivity contribution < 1.29 is 19.1 Å². The van der Waals surface area contributed by atoms with E-state index in [9.17, 15) is 9.59 Å². The average Bonchev–Trinajstić information content (AvgIpc) is 3.28. The smallest absolute Gasteiger partial charge is 0.338 e. The van der Waals surface area contributed by atoms with E-state index >= 15 is 0 Å². The van der Waals surface area contributed by atoms with Gasteiger partial charge in [-0.25, -0.2) is 19.6 Å². The largest absolute Gasteiger partial charge is 0.462 e. The van der Waals surface area contributed by atoms with E-state index < -0.39 is 5.97 Å². The van der Waals surface area contributed by atoms with Crippen LogP contribution in [0.25, 0.3) is 11.2 Å². The number of nitrogens with zero attached hydrogens (tertiary/aromatic N) is 4. The number of benzene rings is 2. The quantitative estimate of drug-likeness (QED) is 0.198. The summed E-state index contributed by atoms with van der Waals surface area (Å²) in [6.07, 6.45) is 2.42. The molecular weight excluding hydrogens is 561 g/mol. The Morgan fingerprint density at radius 1 is 0.943 bits per heavy atom. The van der Waals surface area contributed by atoms with Crippen LogP contribution in [-0.4, -0.2) is 44.7 Å². The van der Waals surface area contributed by atoms with Crippen LogP contribution in [0, 0.1) is 15.5 Å². The molecule has 0 radical (unpaired) electrons. The molecule has 0 unspecified atom stereocenters. The van der Waals surface area contributed by atoms with Gasteiger partial charge < -0.3 is 19.8 Å². The number of esters is 2. The normalized spacial score (nSPS) is 19.2. The van der Waals surface area contributed by atoms with Gasteiger partial charge in [0.05, 0.1) is 30.7 Å². The molecule has 1 fully saturated rings. The number of imidazole rings is 1. The maximum absolute atomic E-state index is 12.6. The summed E-state index contributed by atoms with van der Waals surface area (Å²) in [7, 11) is 0. The molecule has 10 heteroatoms. The summed E-state index contributed by atoms with van der Waals surface area (Å²) in [6.45, 7) is 0.391. The molecule has 1 aliphatic rings. The van der Waals surface area contributed by atoms with Crippen LogP contribution in [0.1, 0.15) is 33.2 Å². The average molecular weight is 583 g/mol. The van der Waals surface area contributed by atoms with Crippen molar-refractivity contribution in [3.8, 4) is 0 Å². The third-order valence-corrected chi connectivity index (χ3v) is 7.00. The van der Waals surface area contributed by atoms with Crippen molar-refractivity contribution in [3.63, 3.8) is 0 Å². The van der Waals surface area contributed by atoms with Gasteiger partial charge in [-0.2, -0.15) is 4.98 Å². The lowest BCUT2D eigenvalue weighted by Crippen LogP contribution is -2.44. The van der Waals surface area contributed by atoms with E-state index in [1.54, 1.807) is 54.9 Å². The van der Waals surface area contributed by atoms with Crippen LogP contribution >= 0.6 is 22.6 Å². The number of carbonyl (C=O) groups is 2. The molecule has 0 aliphatic heterocycles. The standard InChI is InChI=1S/C25H22IN5O4/c26-21-20-22(30-25(27)29-21)31(14-28-20)19-11-17(12-34-23(32)15-7-3-1-4-8-15)18(19)13-35-24(33)16-9-5-2-6-10-16/h1-10,14,17-19H,11-13H2,(H2,27,29,30)/t17-,18-,19+/m1/s1. The third-order valence-electron chi connectivity index (χ3n) is 6.25. The van der Waals surface area contributed by atoms with Crippen molar-refractivity contribution in [1.29, 1.82) is 0 Å². The Kier molecular flexibility index (Phi) is 6.62. The SMILES string of the molecule is Nc1nc(I)c2ncn([C@H]3C[C@H](COC(=O)c4ccccc4)[C@H]3COC(=O)c3ccccc3)c2n1. The number of nitrogen functional groups attached to an aromatic ring is 1. The number of aromatic nitrogens is 4. The zero-order valence-electron chi connectivity index (χ0n) is 18.6. The third kappa shape index (κ3) is 4.83. The lowest BCUT2D eigenvalue weighted by atomic mass is 9.69. The molecule has 3 atom stereocenters. The van der Waals surface area contributed by atoms with Crippen LogP contribution < -0.4 is 5.73 Å². The predicted molar refractivity (Wildman–Crippen MR) is 137 cm³/mol. The molecule has 0 spiro atoms. The Morgan fingerprint density at radius 3 is 2.17 bits per heavy atom. The van der Waals surface area contributed by atoms with Crippen molar-refractivity contribution in [1.82, 2.24) is 19.5 Å². The molecule has 2 aromatic carbocycles. The Balaban J connectivity index is 1.34. The number of rotatable bonds is 7. The van der Waals surface area contributed by atoms with Crippen LogP contribution in [0.3, 0.4) is 0 Å². The number of ether oxygens (including phenoxy) is 2. The summed E-state index contributed by atoms with van der Waals surface area (Å²) in [5.74, 6) is -0.696. The van der Waals surface area contributed by atoms with Crippen LogP contribution in [0.15, 0.2) is 67.0 Å². The summed E-state index contributed by atoms with van der Waals surface area (Å²) in [4.78, 5) is 38.0. The number of hydrogen-bond donors (Lipinski definition) is 1. The molecule has 5 rings (SSSR count). The van der Waals surface area contributed by atoms with E-state index in [1.165, 1.54) is 0 Å². The Bertz CT molecular complexity index is 1360. The fourth-order valence-corrected chi connectivity index (χ4v) is 4.97. The maximum Gasteiger partial charge on any atom is 0.338 e. The monoisotopic (exact) mass is 583 g/mol. The van der Waals surface area contributed by atoms with E-state index in [0.29, 0.717) is 32.4 Å². The number of halogens is 1. The molecule has 0 amide bonds. The first-order chi connectivity index (χ1) is 17.0. The first-order valence-corrected chi connectivity index (χ1v) is 12.2. The maximum atomic E-state index is 12.6. The van der Waals surface area contributed by atoms with Crippen molar-refractivity contribution >= 4 is 51.6 Å². The van der Waals surface area contributed by atoms with E-state index in [-0.39, 0.29) is 43.0 Å². The molecule has 2 heterocycles. The number of anilines is 1. The summed E-state index contributed by atoms with van der Waals surface area (Å²) in [5, 5.41) is 0. The van der Waals surface area contributed by atoms with Crippen molar-refractivity contribution in [2.45, 2.75) is 12.5 Å². The predicted octanol–water partition coefficient (Wildman–Crippen LogP) is 3.90. The van der Waals surface area contributed by atoms with Gasteiger partial charge in [-0.05, 0) is 53.3 Å². The Hall–Kier alpha value is -3.54. The molecule has 178 valence electrons. The molecule has 9 nitrogen and oxygen atoms in total. The van der Waals surface area contributed by atoms with E-state index in [2.05, 4.69) is 37.5 Å². The fourth-order valence-electron chi connectivity index (χ4n) is 4.35. The zero-order valence-corrected chi connectivity index (χ0v) is 20.7. The van der Waals surface area contributed by atoms with E-state index in [4.69, 9.17) is 15.2 Å². The highest BCUT2D eigenvalue weighted by molar-refractivity contribution is 14.1. The summed E-state index contributed by atoms with van der Waals surface area (Å²) in [5.41, 5.74) is 8.16. The van der Waals surface area contributed by atoms with Gasteiger partial charge in [0.25, 0.3) is 0 Å². The summed E-state index contributed by atoms with van der Waals surface area (Å²) in [6, 6.07) is 17.7. The fraction of sp³-hybridized carbons (Fsp3) is 0.240. The van der Waals surface area contributed by atoms with Crippen molar-refractivity contribution in [3.05, 3.63) is 81.8 Å². The molecular formula is C25H22IN5O4. The van der Waals surface area contributed by atoms with Crippen LogP contribution in [0.5, 0.6) is 0 Å². The summed E-state index contributed by atoms with van der Waals surface area (Å²) < 4.78 is 13.9. The Morgan fingerprint density at radius 2 is 1.54 bits per heavy atom. The second-order valence-electron chi connectivity index (χ2n) is 8.35. The second kappa shape index (κ2) is 9.98. The minimum atomic E-state index is -0.395. The summed E-state index contributed by atoms with van der Waals surface area (Å²) >= 11 is 2.08. The van der Waals surface area contributed by atoms with Gasteiger partial charge in [0.2, 0.25) is 5.95 Å². The first kappa shape index (κ1) is 23.2. The number of carbonyl (C=O) groups excluding carboxylic acids is 2. The van der Waals surface area contributed by atoms with Gasteiger partial charge in [0.1, 0.15) is 9.22 Å². The van der Waals surface area contributed by atoms with Gasteiger partial charge in [-0.3, -0.25) is 0 Å². The minimum Gasteiger partial charge on any atom is -0.462 e. The number of fused-ring (bicyclic) bond motifs is 1. The van der Waals surface area contributed by atoms with E-state index in [0.717, 1.165) is 0 Å². The Labute approximate surface area is 214 Å². The topological polar surface area (TPSA) is 122 Å². The van der Waals surface area contributed by atoms with Crippen LogP contribution in [0.4, 0.5) is 5.95 Å². The molecule has 35 heavy (non-hydrogen) atoms. The van der Waals surface area contributed by atoms with E-state index in [1.807, 2.05) is 16.7 Å². The second-order valence-corrected chi connectivity index (χ2v) is 9.37. The highest BCUT2D eigenvalue weighted by Gasteiger charge is 2.44. The highest BCUT2D eigenvalue weighted by atomic mass is 127. The van der Waals surface area contributed by atoms with Crippen LogP contribution in [0.2, 0.25) is 0 Å². The van der Waals surface area contributed by atoms with Crippen molar-refractivity contribution in [2.75, 3.05) is 18.9 Å². The zero-order chi connectivity index (χ0) is 24.4. The molecule has 0 saturated heterocycles. The molecule has 1 saturated carbocycles. The van der Waals surface area contributed by atoms with Gasteiger partial charge in [-0.1, -0.05) is 36.4 Å². The molecule has 0 bridgehead atoms. The molecule has 2 aromatic heterocycles. The van der Waals surface area contributed by atoms with Gasteiger partial charge in [0, 0.05) is 17.9 Å². The lowest BCUT2D eigenvalue weighted by molar-refractivity contribution is -0.0308. The lowest BCUT2D eigenvalue weighted by Gasteiger charge is -2.44. The van der Waals surface area contributed by atoms with Gasteiger partial charge in [-0.15, -0.1) is 0 Å². The molecule has 2 N–H and O–H groups in total. The molecule has 4 aromatic rings. The highest BCUT2D eigenvalue weighted by Crippen LogP contribution is 2.45. The minimum absolute atomic E-state index is 0.00643. The van der Waals surface area contributed by atoms with Crippen molar-refractivity contribution in [2.24, 2.45) is 11.8 Å². The van der Waals surface area contributed by atoms with Crippen LogP contribution in [-0.2, 0) is 9.47 Å². The number of hydrogen-bond acceptors (Lipinski definition) is 8. The van der Waals surface area contributed by atoms with Gasteiger partial charge >= 0.3 is 11.9 Å². The van der Waals surface area contributed by atoms with Gasteiger partial charge in [0.15, 0.2) is 5.65 Å². The molecule has 1 aliphatic carbocycles. The number of nitrogens with two attached hydrogens (primary N) is 1. The first-order valence-electron chi connectivity index (χ1n) is 11.1.